The Morgan fingerprint density at radius 3 is 2.10 bits per heavy atom. The van der Waals surface area contributed by atoms with Crippen molar-refractivity contribution in [3.8, 4) is 23.0 Å². The summed E-state index contributed by atoms with van der Waals surface area (Å²) in [6.07, 6.45) is -0.0394. The highest BCUT2D eigenvalue weighted by molar-refractivity contribution is 14.0. The van der Waals surface area contributed by atoms with Gasteiger partial charge in [0.1, 0.15) is 29.1 Å². The van der Waals surface area contributed by atoms with E-state index >= 15 is 0 Å². The second-order valence-corrected chi connectivity index (χ2v) is 6.09. The molecule has 0 fully saturated rings. The average Bonchev–Trinajstić information content (AvgIpc) is 2.74. The van der Waals surface area contributed by atoms with Gasteiger partial charge in [-0.25, -0.2) is 0 Å². The summed E-state index contributed by atoms with van der Waals surface area (Å²) < 4.78 is 21.7. The van der Waals surface area contributed by atoms with Gasteiger partial charge in [0.25, 0.3) is 0 Å². The molecule has 0 heterocycles. The summed E-state index contributed by atoms with van der Waals surface area (Å²) in [7, 11) is 6.65. The normalized spacial score (nSPS) is 11.7. The summed E-state index contributed by atoms with van der Waals surface area (Å²) in [6, 6.07) is 13.2. The molecule has 0 bridgehead atoms. The molecule has 7 nitrogen and oxygen atoms in total. The van der Waals surface area contributed by atoms with Crippen LogP contribution in [0.1, 0.15) is 12.5 Å². The van der Waals surface area contributed by atoms with Crippen molar-refractivity contribution in [2.24, 2.45) is 4.99 Å². The number of hydrogen-bond donors (Lipinski definition) is 2. The number of nitrogens with zero attached hydrogens (tertiary/aromatic N) is 1. The lowest BCUT2D eigenvalue weighted by Crippen LogP contribution is -2.41. The summed E-state index contributed by atoms with van der Waals surface area (Å²) >= 11 is 0. The molecule has 0 amide bonds. The van der Waals surface area contributed by atoms with Crippen LogP contribution in [-0.2, 0) is 6.54 Å². The predicted octanol–water partition coefficient (Wildman–Crippen LogP) is 3.46. The van der Waals surface area contributed by atoms with Crippen LogP contribution in [0.3, 0.4) is 0 Å². The Hall–Kier alpha value is -2.36. The van der Waals surface area contributed by atoms with Crippen molar-refractivity contribution in [3.05, 3.63) is 48.0 Å². The number of hydrogen-bond acceptors (Lipinski definition) is 5. The fraction of sp³-hybridized carbons (Fsp3) is 0.381. The minimum absolute atomic E-state index is 0. The van der Waals surface area contributed by atoms with Crippen LogP contribution in [0.2, 0.25) is 0 Å². The standard InChI is InChI=1S/C21H29N3O4.HI/c1-15(28-18-10-8-17(25-3)9-11-18)13-23-21(22-2)24-14-16-6-7-19(26-4)12-20(16)27-5;/h6-12,15H,13-14H2,1-5H3,(H2,22,23,24);1H. The zero-order valence-corrected chi connectivity index (χ0v) is 19.9. The van der Waals surface area contributed by atoms with E-state index in [4.69, 9.17) is 18.9 Å². The van der Waals surface area contributed by atoms with E-state index in [9.17, 15) is 0 Å². The zero-order chi connectivity index (χ0) is 20.4. The number of halogens is 1. The first-order chi connectivity index (χ1) is 13.6. The van der Waals surface area contributed by atoms with E-state index in [-0.39, 0.29) is 30.1 Å². The lowest BCUT2D eigenvalue weighted by molar-refractivity contribution is 0.223. The second-order valence-electron chi connectivity index (χ2n) is 6.09. The predicted molar refractivity (Wildman–Crippen MR) is 126 cm³/mol. The Kier molecular flexibility index (Phi) is 11.0. The largest absolute Gasteiger partial charge is 0.497 e. The van der Waals surface area contributed by atoms with Gasteiger partial charge >= 0.3 is 0 Å². The third-order valence-electron chi connectivity index (χ3n) is 4.12. The maximum absolute atomic E-state index is 5.90. The molecule has 0 aromatic heterocycles. The molecule has 0 aliphatic heterocycles. The molecule has 1 atom stereocenters. The Morgan fingerprint density at radius 1 is 0.897 bits per heavy atom. The lowest BCUT2D eigenvalue weighted by atomic mass is 10.2. The zero-order valence-electron chi connectivity index (χ0n) is 17.5. The molecule has 0 radical (unpaired) electrons. The van der Waals surface area contributed by atoms with Crippen LogP contribution in [-0.4, -0.2) is 47.0 Å². The number of benzene rings is 2. The SMILES string of the molecule is CN=C(NCc1ccc(OC)cc1OC)NCC(C)Oc1ccc(OC)cc1.I. The van der Waals surface area contributed by atoms with E-state index in [1.165, 1.54) is 0 Å². The van der Waals surface area contributed by atoms with Gasteiger partial charge in [-0.2, -0.15) is 0 Å². The molecule has 0 saturated carbocycles. The fourth-order valence-corrected chi connectivity index (χ4v) is 2.57. The molecule has 160 valence electrons. The van der Waals surface area contributed by atoms with E-state index in [0.29, 0.717) is 19.0 Å². The second kappa shape index (κ2) is 13.0. The number of rotatable bonds is 9. The Bertz CT molecular complexity index is 769. The van der Waals surface area contributed by atoms with Crippen molar-refractivity contribution in [1.82, 2.24) is 10.6 Å². The van der Waals surface area contributed by atoms with Crippen molar-refractivity contribution < 1.29 is 18.9 Å². The molecule has 2 N–H and O–H groups in total. The molecule has 0 spiro atoms. The number of aliphatic imine (C=N–C) groups is 1. The Morgan fingerprint density at radius 2 is 1.52 bits per heavy atom. The Labute approximate surface area is 189 Å². The van der Waals surface area contributed by atoms with Crippen LogP contribution in [0.25, 0.3) is 0 Å². The van der Waals surface area contributed by atoms with Gasteiger partial charge in [-0.15, -0.1) is 24.0 Å². The van der Waals surface area contributed by atoms with Gasteiger partial charge in [0.2, 0.25) is 0 Å². The third-order valence-corrected chi connectivity index (χ3v) is 4.12. The van der Waals surface area contributed by atoms with Crippen LogP contribution < -0.4 is 29.6 Å². The van der Waals surface area contributed by atoms with Gasteiger partial charge in [-0.3, -0.25) is 4.99 Å². The van der Waals surface area contributed by atoms with Gasteiger partial charge in [-0.1, -0.05) is 0 Å². The van der Waals surface area contributed by atoms with E-state index < -0.39 is 0 Å². The van der Waals surface area contributed by atoms with Gasteiger partial charge in [-0.05, 0) is 43.3 Å². The lowest BCUT2D eigenvalue weighted by Gasteiger charge is -2.18. The first-order valence-corrected chi connectivity index (χ1v) is 9.05. The fourth-order valence-electron chi connectivity index (χ4n) is 2.57. The number of nitrogens with one attached hydrogen (secondary N) is 2. The molecule has 1 unspecified atom stereocenters. The van der Waals surface area contributed by atoms with E-state index in [2.05, 4.69) is 15.6 Å². The van der Waals surface area contributed by atoms with Crippen molar-refractivity contribution in [1.29, 1.82) is 0 Å². The molecule has 2 aromatic carbocycles. The number of guanidine groups is 1. The molecule has 0 saturated heterocycles. The van der Waals surface area contributed by atoms with Gasteiger partial charge in [0.15, 0.2) is 5.96 Å². The summed E-state index contributed by atoms with van der Waals surface area (Å²) in [5, 5.41) is 6.54. The van der Waals surface area contributed by atoms with Crippen molar-refractivity contribution in [2.45, 2.75) is 19.6 Å². The van der Waals surface area contributed by atoms with Crippen molar-refractivity contribution in [3.63, 3.8) is 0 Å². The maximum atomic E-state index is 5.90. The molecule has 0 aliphatic rings. The third kappa shape index (κ3) is 7.88. The van der Waals surface area contributed by atoms with E-state index in [0.717, 1.165) is 28.6 Å². The van der Waals surface area contributed by atoms with Crippen LogP contribution in [0, 0.1) is 0 Å². The monoisotopic (exact) mass is 515 g/mol. The van der Waals surface area contributed by atoms with Crippen LogP contribution in [0.5, 0.6) is 23.0 Å². The highest BCUT2D eigenvalue weighted by atomic mass is 127. The highest BCUT2D eigenvalue weighted by Gasteiger charge is 2.08. The summed E-state index contributed by atoms with van der Waals surface area (Å²) in [5.74, 6) is 3.80. The maximum Gasteiger partial charge on any atom is 0.191 e. The first-order valence-electron chi connectivity index (χ1n) is 9.05. The Balaban J connectivity index is 0.00000420. The molecular weight excluding hydrogens is 485 g/mol. The molecule has 0 aliphatic carbocycles. The molecular formula is C21H30IN3O4. The number of methoxy groups -OCH3 is 3. The summed E-state index contributed by atoms with van der Waals surface area (Å²) in [6.45, 7) is 3.17. The molecule has 2 rings (SSSR count). The molecule has 2 aromatic rings. The minimum atomic E-state index is -0.0394. The van der Waals surface area contributed by atoms with Crippen LogP contribution in [0.4, 0.5) is 0 Å². The highest BCUT2D eigenvalue weighted by Crippen LogP contribution is 2.24. The minimum Gasteiger partial charge on any atom is -0.497 e. The van der Waals surface area contributed by atoms with Crippen LogP contribution >= 0.6 is 24.0 Å². The quantitative estimate of drug-likeness (QED) is 0.303. The van der Waals surface area contributed by atoms with Gasteiger partial charge < -0.3 is 29.6 Å². The topological polar surface area (TPSA) is 73.3 Å². The van der Waals surface area contributed by atoms with Crippen molar-refractivity contribution in [2.75, 3.05) is 34.9 Å². The first kappa shape index (κ1) is 24.7. The van der Waals surface area contributed by atoms with E-state index in [1.807, 2.05) is 49.4 Å². The average molecular weight is 515 g/mol. The van der Waals surface area contributed by atoms with Crippen LogP contribution in [0.15, 0.2) is 47.5 Å². The van der Waals surface area contributed by atoms with Gasteiger partial charge in [0, 0.05) is 25.2 Å². The molecule has 29 heavy (non-hydrogen) atoms. The smallest absolute Gasteiger partial charge is 0.191 e. The number of ether oxygens (including phenoxy) is 4. The summed E-state index contributed by atoms with van der Waals surface area (Å²) in [4.78, 5) is 4.25. The molecule has 8 heteroatoms. The van der Waals surface area contributed by atoms with E-state index in [1.54, 1.807) is 28.4 Å². The summed E-state index contributed by atoms with van der Waals surface area (Å²) in [5.41, 5.74) is 1.01. The van der Waals surface area contributed by atoms with Crippen molar-refractivity contribution >= 4 is 29.9 Å². The van der Waals surface area contributed by atoms with Gasteiger partial charge in [0.05, 0.1) is 27.9 Å².